The number of aromatic amines is 1. The minimum Gasteiger partial charge on any atom is -0.394 e. The molecule has 138 valence electrons. The summed E-state index contributed by atoms with van der Waals surface area (Å²) in [5, 5.41) is 3.34. The summed E-state index contributed by atoms with van der Waals surface area (Å²) in [6, 6.07) is 4.80. The number of rotatable bonds is 4. The molecule has 26 heavy (non-hydrogen) atoms. The first-order valence-electron chi connectivity index (χ1n) is 8.58. The van der Waals surface area contributed by atoms with Gasteiger partial charge in [0.05, 0.1) is 16.8 Å². The molecule has 0 spiro atoms. The number of amides is 1. The molecule has 0 saturated carbocycles. The summed E-state index contributed by atoms with van der Waals surface area (Å²) < 4.78 is 0. The summed E-state index contributed by atoms with van der Waals surface area (Å²) in [7, 11) is 0. The summed E-state index contributed by atoms with van der Waals surface area (Å²) in [6.07, 6.45) is 5.18. The monoisotopic (exact) mass is 375 g/mol. The molecule has 2 unspecified atom stereocenters. The van der Waals surface area contributed by atoms with Crippen LogP contribution in [0.1, 0.15) is 31.2 Å². The van der Waals surface area contributed by atoms with Crippen molar-refractivity contribution in [2.24, 2.45) is 0 Å². The highest BCUT2D eigenvalue weighted by atomic mass is 35.5. The normalized spacial score (nSPS) is 19.1. The number of nitrogens with zero attached hydrogens (tertiary/aromatic N) is 2. The number of halogens is 1. The van der Waals surface area contributed by atoms with E-state index >= 15 is 0 Å². The number of nitrogens with one attached hydrogen (secondary N) is 2. The van der Waals surface area contributed by atoms with Crippen molar-refractivity contribution >= 4 is 29.0 Å². The largest absolute Gasteiger partial charge is 0.394 e. The van der Waals surface area contributed by atoms with Crippen molar-refractivity contribution < 1.29 is 4.79 Å². The van der Waals surface area contributed by atoms with E-state index in [0.717, 1.165) is 31.5 Å². The van der Waals surface area contributed by atoms with Gasteiger partial charge in [-0.1, -0.05) is 11.6 Å². The number of H-pyrrole nitrogens is 1. The van der Waals surface area contributed by atoms with Crippen LogP contribution in [0.5, 0.6) is 0 Å². The lowest BCUT2D eigenvalue weighted by molar-refractivity contribution is -0.121. The summed E-state index contributed by atoms with van der Waals surface area (Å²) >= 11 is 5.81. The van der Waals surface area contributed by atoms with Crippen molar-refractivity contribution in [1.82, 2.24) is 14.9 Å². The Morgan fingerprint density at radius 3 is 3.00 bits per heavy atom. The molecule has 2 aromatic rings. The maximum absolute atomic E-state index is 12.5. The average molecular weight is 376 g/mol. The predicted octanol–water partition coefficient (Wildman–Crippen LogP) is 2.21. The van der Waals surface area contributed by atoms with Crippen LogP contribution < -0.4 is 16.6 Å². The van der Waals surface area contributed by atoms with E-state index in [1.807, 2.05) is 6.92 Å². The molecule has 0 aromatic carbocycles. The van der Waals surface area contributed by atoms with Crippen molar-refractivity contribution in [3.05, 3.63) is 51.5 Å². The zero-order valence-electron chi connectivity index (χ0n) is 14.5. The molecule has 1 aliphatic heterocycles. The Morgan fingerprint density at radius 1 is 1.50 bits per heavy atom. The molecule has 0 aliphatic carbocycles. The molecule has 2 aromatic heterocycles. The molecule has 7 nitrogen and oxygen atoms in total. The van der Waals surface area contributed by atoms with Crippen LogP contribution in [0.15, 0.2) is 35.4 Å². The van der Waals surface area contributed by atoms with Crippen molar-refractivity contribution in [1.29, 1.82) is 0 Å². The number of hydrogen-bond acceptors (Lipinski definition) is 5. The Bertz CT molecular complexity index is 836. The van der Waals surface area contributed by atoms with Gasteiger partial charge in [-0.3, -0.25) is 14.5 Å². The number of hydrogen-bond donors (Lipinski definition) is 3. The van der Waals surface area contributed by atoms with E-state index in [-0.39, 0.29) is 29.1 Å². The topological polar surface area (TPSA) is 104 Å². The zero-order valence-corrected chi connectivity index (χ0v) is 15.3. The average Bonchev–Trinajstić information content (AvgIpc) is 2.65. The smallest absolute Gasteiger partial charge is 0.271 e. The molecule has 3 rings (SSSR count). The quantitative estimate of drug-likeness (QED) is 0.760. The number of pyridine rings is 2. The highest BCUT2D eigenvalue weighted by Crippen LogP contribution is 2.28. The van der Waals surface area contributed by atoms with Crippen LogP contribution in [0.2, 0.25) is 5.02 Å². The third kappa shape index (κ3) is 4.23. The Hall–Kier alpha value is -2.38. The van der Waals surface area contributed by atoms with Gasteiger partial charge in [0, 0.05) is 18.9 Å². The van der Waals surface area contributed by atoms with Crippen LogP contribution in [-0.2, 0) is 4.79 Å². The number of carbonyl (C=O) groups excluding carboxylic acids is 1. The fraction of sp³-hybridized carbons (Fsp3) is 0.389. The first-order chi connectivity index (χ1) is 12.4. The molecule has 4 N–H and O–H groups in total. The van der Waals surface area contributed by atoms with Crippen LogP contribution >= 0.6 is 11.6 Å². The Kier molecular flexibility index (Phi) is 5.58. The van der Waals surface area contributed by atoms with Gasteiger partial charge >= 0.3 is 0 Å². The molecule has 1 amide bonds. The SMILES string of the molecule is CC(C(=O)Nc1ccc(Cl)cn1)N1CCCC(c2c[nH]c(=O)c(N)c2)C1. The Balaban J connectivity index is 1.66. The first-order valence-corrected chi connectivity index (χ1v) is 8.96. The standard InChI is InChI=1S/C18H22ClN5O2/c1-11(17(25)23-16-5-4-14(19)9-21-16)24-6-2-3-12(10-24)13-7-15(20)18(26)22-8-13/h4-5,7-9,11-12H,2-3,6,10,20H2,1H3,(H,22,26)(H,21,23,25). The van der Waals surface area contributed by atoms with Crippen LogP contribution in [0, 0.1) is 0 Å². The van der Waals surface area contributed by atoms with Gasteiger partial charge in [-0.25, -0.2) is 4.98 Å². The van der Waals surface area contributed by atoms with Crippen molar-refractivity contribution in [2.45, 2.75) is 31.7 Å². The second-order valence-corrected chi connectivity index (χ2v) is 7.01. The van der Waals surface area contributed by atoms with Crippen LogP contribution in [-0.4, -0.2) is 39.9 Å². The molecule has 1 aliphatic rings. The fourth-order valence-electron chi connectivity index (χ4n) is 3.23. The maximum Gasteiger partial charge on any atom is 0.271 e. The summed E-state index contributed by atoms with van der Waals surface area (Å²) in [6.45, 7) is 3.46. The molecule has 1 fully saturated rings. The van der Waals surface area contributed by atoms with Gasteiger partial charge in [0.15, 0.2) is 0 Å². The lowest BCUT2D eigenvalue weighted by Crippen LogP contribution is -2.46. The van der Waals surface area contributed by atoms with Crippen molar-refractivity contribution in [3.63, 3.8) is 0 Å². The lowest BCUT2D eigenvalue weighted by atomic mass is 9.90. The van der Waals surface area contributed by atoms with Gasteiger partial charge in [-0.2, -0.15) is 0 Å². The van der Waals surface area contributed by atoms with Crippen molar-refractivity contribution in [2.75, 3.05) is 24.1 Å². The maximum atomic E-state index is 12.5. The third-order valence-corrected chi connectivity index (χ3v) is 5.01. The summed E-state index contributed by atoms with van der Waals surface area (Å²) in [4.78, 5) is 32.9. The fourth-order valence-corrected chi connectivity index (χ4v) is 3.34. The van der Waals surface area contributed by atoms with Gasteiger partial charge in [0.1, 0.15) is 5.82 Å². The van der Waals surface area contributed by atoms with E-state index in [0.29, 0.717) is 10.8 Å². The first kappa shape index (κ1) is 18.4. The second-order valence-electron chi connectivity index (χ2n) is 6.58. The van der Waals surface area contributed by atoms with Crippen molar-refractivity contribution in [3.8, 4) is 0 Å². The molecule has 0 radical (unpaired) electrons. The van der Waals surface area contributed by atoms with E-state index in [4.69, 9.17) is 17.3 Å². The minimum atomic E-state index is -0.296. The number of carbonyl (C=O) groups is 1. The Morgan fingerprint density at radius 2 is 2.31 bits per heavy atom. The number of piperidine rings is 1. The lowest BCUT2D eigenvalue weighted by Gasteiger charge is -2.36. The van der Waals surface area contributed by atoms with E-state index in [9.17, 15) is 9.59 Å². The molecule has 8 heteroatoms. The predicted molar refractivity (Wildman–Crippen MR) is 102 cm³/mol. The molecular formula is C18H22ClN5O2. The highest BCUT2D eigenvalue weighted by molar-refractivity contribution is 6.30. The van der Waals surface area contributed by atoms with Crippen LogP contribution in [0.3, 0.4) is 0 Å². The zero-order chi connectivity index (χ0) is 18.7. The summed E-state index contributed by atoms with van der Waals surface area (Å²) in [5.74, 6) is 0.599. The minimum absolute atomic E-state index is 0.110. The molecule has 3 heterocycles. The number of aromatic nitrogens is 2. The number of anilines is 2. The van der Waals surface area contributed by atoms with Gasteiger partial charge < -0.3 is 16.0 Å². The molecule has 1 saturated heterocycles. The number of likely N-dealkylation sites (tertiary alicyclic amines) is 1. The summed E-state index contributed by atoms with van der Waals surface area (Å²) in [5.41, 5.74) is 6.68. The van der Waals surface area contributed by atoms with Crippen LogP contribution in [0.4, 0.5) is 11.5 Å². The van der Waals surface area contributed by atoms with Gasteiger partial charge in [0.2, 0.25) is 5.91 Å². The van der Waals surface area contributed by atoms with E-state index in [2.05, 4.69) is 20.2 Å². The third-order valence-electron chi connectivity index (χ3n) is 4.78. The van der Waals surface area contributed by atoms with E-state index < -0.39 is 0 Å². The molecule has 2 atom stereocenters. The van der Waals surface area contributed by atoms with E-state index in [1.54, 1.807) is 24.4 Å². The van der Waals surface area contributed by atoms with Gasteiger partial charge in [-0.15, -0.1) is 0 Å². The Labute approximate surface area is 156 Å². The second kappa shape index (κ2) is 7.88. The van der Waals surface area contributed by atoms with Crippen LogP contribution in [0.25, 0.3) is 0 Å². The molecule has 0 bridgehead atoms. The highest BCUT2D eigenvalue weighted by Gasteiger charge is 2.28. The number of nitrogens with two attached hydrogens (primary N) is 1. The van der Waals surface area contributed by atoms with Gasteiger partial charge in [-0.05, 0) is 56.0 Å². The van der Waals surface area contributed by atoms with Gasteiger partial charge in [0.25, 0.3) is 5.56 Å². The van der Waals surface area contributed by atoms with E-state index in [1.165, 1.54) is 6.20 Å². The molecular weight excluding hydrogens is 354 g/mol. The number of nitrogen functional groups attached to an aromatic ring is 1.